The van der Waals surface area contributed by atoms with E-state index in [0.717, 1.165) is 16.9 Å². The summed E-state index contributed by atoms with van der Waals surface area (Å²) in [5.74, 6) is 6.02. The van der Waals surface area contributed by atoms with Crippen molar-refractivity contribution in [1.29, 1.82) is 0 Å². The molecule has 2 rings (SSSR count). The van der Waals surface area contributed by atoms with Crippen LogP contribution in [0.15, 0.2) is 48.5 Å². The number of hydrogen-bond acceptors (Lipinski definition) is 3. The van der Waals surface area contributed by atoms with Crippen molar-refractivity contribution >= 4 is 0 Å². The van der Waals surface area contributed by atoms with Crippen LogP contribution in [0.1, 0.15) is 17.2 Å². The van der Waals surface area contributed by atoms with Crippen LogP contribution in [0.3, 0.4) is 0 Å². The number of hydrazine groups is 1. The molecule has 0 heterocycles. The van der Waals surface area contributed by atoms with Crippen molar-refractivity contribution in [3.05, 3.63) is 65.5 Å². The zero-order valence-electron chi connectivity index (χ0n) is 10.8. The van der Waals surface area contributed by atoms with Gasteiger partial charge >= 0.3 is 0 Å². The van der Waals surface area contributed by atoms with Crippen LogP contribution in [0.2, 0.25) is 0 Å². The summed E-state index contributed by atoms with van der Waals surface area (Å²) in [6.07, 6.45) is 0. The van der Waals surface area contributed by atoms with Crippen LogP contribution in [0.5, 0.6) is 5.75 Å². The highest BCUT2D eigenvalue weighted by atomic mass is 19.1. The second-order valence-corrected chi connectivity index (χ2v) is 4.34. The molecule has 0 aliphatic heterocycles. The van der Waals surface area contributed by atoms with Gasteiger partial charge in [0.2, 0.25) is 0 Å². The highest BCUT2D eigenvalue weighted by Gasteiger charge is 2.14. The Bertz CT molecular complexity index is 531. The summed E-state index contributed by atoms with van der Waals surface area (Å²) in [5, 5.41) is 0. The molecule has 2 aromatic carbocycles. The monoisotopic (exact) mass is 260 g/mol. The Morgan fingerprint density at radius 3 is 2.63 bits per heavy atom. The Hall–Kier alpha value is -1.91. The molecule has 3 nitrogen and oxygen atoms in total. The third-order valence-electron chi connectivity index (χ3n) is 2.98. The van der Waals surface area contributed by atoms with Gasteiger partial charge in [-0.05, 0) is 42.3 Å². The molecule has 0 fully saturated rings. The predicted molar refractivity (Wildman–Crippen MR) is 73.1 cm³/mol. The molecule has 0 aromatic heterocycles. The van der Waals surface area contributed by atoms with Crippen molar-refractivity contribution in [2.45, 2.75) is 13.0 Å². The third-order valence-corrected chi connectivity index (χ3v) is 2.98. The molecule has 0 amide bonds. The SMILES string of the molecule is Cc1ccc(F)cc1C(COc1ccccc1)NN. The smallest absolute Gasteiger partial charge is 0.123 e. The van der Waals surface area contributed by atoms with E-state index < -0.39 is 0 Å². The molecule has 0 radical (unpaired) electrons. The summed E-state index contributed by atoms with van der Waals surface area (Å²) in [6.45, 7) is 2.26. The first-order valence-corrected chi connectivity index (χ1v) is 6.10. The summed E-state index contributed by atoms with van der Waals surface area (Å²) in [5.41, 5.74) is 4.44. The number of nitrogens with two attached hydrogens (primary N) is 1. The first-order valence-electron chi connectivity index (χ1n) is 6.10. The lowest BCUT2D eigenvalue weighted by molar-refractivity contribution is 0.267. The molecule has 1 atom stereocenters. The molecule has 2 aromatic rings. The van der Waals surface area contributed by atoms with E-state index in [1.807, 2.05) is 37.3 Å². The number of hydrogen-bond donors (Lipinski definition) is 2. The summed E-state index contributed by atoms with van der Waals surface area (Å²) < 4.78 is 18.9. The zero-order chi connectivity index (χ0) is 13.7. The summed E-state index contributed by atoms with van der Waals surface area (Å²) >= 11 is 0. The van der Waals surface area contributed by atoms with Gasteiger partial charge in [0.25, 0.3) is 0 Å². The lowest BCUT2D eigenvalue weighted by atomic mass is 10.0. The van der Waals surface area contributed by atoms with Gasteiger partial charge in [0.05, 0.1) is 6.04 Å². The number of halogens is 1. The Balaban J connectivity index is 2.10. The Morgan fingerprint density at radius 1 is 1.21 bits per heavy atom. The van der Waals surface area contributed by atoms with E-state index >= 15 is 0 Å². The van der Waals surface area contributed by atoms with E-state index in [4.69, 9.17) is 10.6 Å². The van der Waals surface area contributed by atoms with Gasteiger partial charge in [-0.25, -0.2) is 9.82 Å². The van der Waals surface area contributed by atoms with Crippen LogP contribution in [0, 0.1) is 12.7 Å². The van der Waals surface area contributed by atoms with E-state index in [9.17, 15) is 4.39 Å². The molecule has 0 spiro atoms. The van der Waals surface area contributed by atoms with Crippen molar-refractivity contribution in [2.75, 3.05) is 6.61 Å². The molecule has 3 N–H and O–H groups in total. The van der Waals surface area contributed by atoms with Crippen LogP contribution in [0.25, 0.3) is 0 Å². The summed E-state index contributed by atoms with van der Waals surface area (Å²) in [7, 11) is 0. The molecular formula is C15H17FN2O. The molecule has 0 aliphatic carbocycles. The standard InChI is InChI=1S/C15H17FN2O/c1-11-7-8-12(16)9-14(11)15(18-17)10-19-13-5-3-2-4-6-13/h2-9,15,18H,10,17H2,1H3. The topological polar surface area (TPSA) is 47.3 Å². The fourth-order valence-corrected chi connectivity index (χ4v) is 1.91. The first kappa shape index (κ1) is 13.5. The van der Waals surface area contributed by atoms with Crippen molar-refractivity contribution in [3.8, 4) is 5.75 Å². The number of rotatable bonds is 5. The fraction of sp³-hybridized carbons (Fsp3) is 0.200. The Morgan fingerprint density at radius 2 is 1.95 bits per heavy atom. The van der Waals surface area contributed by atoms with Crippen molar-refractivity contribution in [3.63, 3.8) is 0 Å². The molecule has 4 heteroatoms. The largest absolute Gasteiger partial charge is 0.492 e. The van der Waals surface area contributed by atoms with Gasteiger partial charge in [-0.2, -0.15) is 0 Å². The van der Waals surface area contributed by atoms with E-state index in [2.05, 4.69) is 5.43 Å². The maximum atomic E-state index is 13.3. The maximum absolute atomic E-state index is 13.3. The molecule has 0 aliphatic rings. The van der Waals surface area contributed by atoms with E-state index in [1.54, 1.807) is 6.07 Å². The van der Waals surface area contributed by atoms with Crippen LogP contribution in [-0.4, -0.2) is 6.61 Å². The van der Waals surface area contributed by atoms with Gasteiger partial charge in [-0.1, -0.05) is 24.3 Å². The molecular weight excluding hydrogens is 243 g/mol. The molecule has 1 unspecified atom stereocenters. The van der Waals surface area contributed by atoms with Gasteiger partial charge in [0, 0.05) is 0 Å². The van der Waals surface area contributed by atoms with Crippen LogP contribution < -0.4 is 16.0 Å². The normalized spacial score (nSPS) is 12.2. The Labute approximate surface area is 112 Å². The molecule has 100 valence electrons. The molecule has 0 bridgehead atoms. The highest BCUT2D eigenvalue weighted by molar-refractivity contribution is 5.30. The molecule has 0 saturated heterocycles. The lowest BCUT2D eigenvalue weighted by Gasteiger charge is -2.19. The van der Waals surface area contributed by atoms with E-state index in [1.165, 1.54) is 12.1 Å². The number of aryl methyl sites for hydroxylation is 1. The van der Waals surface area contributed by atoms with E-state index in [0.29, 0.717) is 6.61 Å². The van der Waals surface area contributed by atoms with Crippen LogP contribution in [-0.2, 0) is 0 Å². The fourth-order valence-electron chi connectivity index (χ4n) is 1.91. The average molecular weight is 260 g/mol. The number of benzene rings is 2. The van der Waals surface area contributed by atoms with Gasteiger partial charge in [-0.15, -0.1) is 0 Å². The number of nitrogens with one attached hydrogen (secondary N) is 1. The second kappa shape index (κ2) is 6.31. The number of ether oxygens (including phenoxy) is 1. The van der Waals surface area contributed by atoms with Crippen LogP contribution in [0.4, 0.5) is 4.39 Å². The van der Waals surface area contributed by atoms with E-state index in [-0.39, 0.29) is 11.9 Å². The van der Waals surface area contributed by atoms with Gasteiger partial charge in [0.15, 0.2) is 0 Å². The van der Waals surface area contributed by atoms with Crippen molar-refractivity contribution < 1.29 is 9.13 Å². The van der Waals surface area contributed by atoms with Crippen LogP contribution >= 0.6 is 0 Å². The predicted octanol–water partition coefficient (Wildman–Crippen LogP) is 2.72. The first-order chi connectivity index (χ1) is 9.20. The van der Waals surface area contributed by atoms with Crippen molar-refractivity contribution in [1.82, 2.24) is 5.43 Å². The Kier molecular flexibility index (Phi) is 4.49. The minimum atomic E-state index is -0.277. The minimum absolute atomic E-state index is 0.254. The number of para-hydroxylation sites is 1. The van der Waals surface area contributed by atoms with Gasteiger partial charge < -0.3 is 4.74 Å². The maximum Gasteiger partial charge on any atom is 0.123 e. The third kappa shape index (κ3) is 3.53. The minimum Gasteiger partial charge on any atom is -0.492 e. The summed E-state index contributed by atoms with van der Waals surface area (Å²) in [6, 6.07) is 13.8. The molecule has 19 heavy (non-hydrogen) atoms. The quantitative estimate of drug-likeness (QED) is 0.642. The lowest BCUT2D eigenvalue weighted by Crippen LogP contribution is -2.32. The second-order valence-electron chi connectivity index (χ2n) is 4.34. The van der Waals surface area contributed by atoms with Gasteiger partial charge in [-0.3, -0.25) is 5.84 Å². The van der Waals surface area contributed by atoms with Crippen molar-refractivity contribution in [2.24, 2.45) is 5.84 Å². The molecule has 0 saturated carbocycles. The van der Waals surface area contributed by atoms with Gasteiger partial charge in [0.1, 0.15) is 18.2 Å². The zero-order valence-corrected chi connectivity index (χ0v) is 10.8. The highest BCUT2D eigenvalue weighted by Crippen LogP contribution is 2.20. The average Bonchev–Trinajstić information content (AvgIpc) is 2.44. The summed E-state index contributed by atoms with van der Waals surface area (Å²) in [4.78, 5) is 0.